The summed E-state index contributed by atoms with van der Waals surface area (Å²) in [6.45, 7) is 18.8. The maximum Gasteiger partial charge on any atom is -0.0314 e. The monoisotopic (exact) mass is 184 g/mol. The molecule has 0 nitrogen and oxygen atoms in total. The largest absolute Gasteiger partial charge is 0.0628 e. The first-order chi connectivity index (χ1) is 5.55. The summed E-state index contributed by atoms with van der Waals surface area (Å²) in [4.78, 5) is 0. The number of rotatable bonds is 2. The van der Waals surface area contributed by atoms with Gasteiger partial charge in [-0.15, -0.1) is 0 Å². The van der Waals surface area contributed by atoms with Crippen molar-refractivity contribution >= 4 is 0 Å². The summed E-state index contributed by atoms with van der Waals surface area (Å²) in [5.41, 5.74) is 0.866. The molecule has 0 aliphatic rings. The average Bonchev–Trinajstić information content (AvgIpc) is 1.77. The van der Waals surface area contributed by atoms with Gasteiger partial charge in [0.1, 0.15) is 0 Å². The molecule has 0 heterocycles. The minimum atomic E-state index is 0.433. The van der Waals surface area contributed by atoms with E-state index < -0.39 is 0 Å². The van der Waals surface area contributed by atoms with Crippen molar-refractivity contribution in [3.05, 3.63) is 0 Å². The summed E-state index contributed by atoms with van der Waals surface area (Å²) < 4.78 is 0. The molecule has 0 radical (unpaired) electrons. The molecule has 80 valence electrons. The molecule has 0 amide bonds. The van der Waals surface area contributed by atoms with Crippen LogP contribution in [0.15, 0.2) is 0 Å². The van der Waals surface area contributed by atoms with Gasteiger partial charge in [-0.2, -0.15) is 0 Å². The Labute approximate surface area is 85.1 Å². The van der Waals surface area contributed by atoms with Gasteiger partial charge in [-0.1, -0.05) is 55.4 Å². The van der Waals surface area contributed by atoms with Crippen LogP contribution >= 0.6 is 0 Å². The summed E-state index contributed by atoms with van der Waals surface area (Å²) in [5, 5.41) is 0. The molecule has 0 bridgehead atoms. The van der Waals surface area contributed by atoms with Crippen LogP contribution in [0.5, 0.6) is 0 Å². The summed E-state index contributed by atoms with van der Waals surface area (Å²) >= 11 is 0. The maximum atomic E-state index is 2.37. The van der Waals surface area contributed by atoms with E-state index >= 15 is 0 Å². The van der Waals surface area contributed by atoms with Crippen LogP contribution in [0.1, 0.15) is 61.8 Å². The predicted octanol–water partition coefficient (Wildman–Crippen LogP) is 4.74. The third-order valence-corrected chi connectivity index (χ3v) is 2.80. The Hall–Kier alpha value is 0. The third kappa shape index (κ3) is 4.69. The van der Waals surface area contributed by atoms with Crippen LogP contribution in [-0.2, 0) is 0 Å². The van der Waals surface area contributed by atoms with Crippen LogP contribution in [0.4, 0.5) is 0 Å². The van der Waals surface area contributed by atoms with Gasteiger partial charge in [0.25, 0.3) is 0 Å². The normalized spacial score (nSPS) is 14.3. The van der Waals surface area contributed by atoms with Gasteiger partial charge in [0.15, 0.2) is 0 Å². The standard InChI is InChI=1S/C13H28/c1-10(2)9-11(12(3,4)5)13(6,7)8/h10-11H,9H2,1-8H3. The first-order valence-electron chi connectivity index (χ1n) is 5.55. The second kappa shape index (κ2) is 4.02. The summed E-state index contributed by atoms with van der Waals surface area (Å²) in [6.07, 6.45) is 1.34. The molecule has 0 aromatic carbocycles. The lowest BCUT2D eigenvalue weighted by Gasteiger charge is -2.42. The van der Waals surface area contributed by atoms with Gasteiger partial charge in [-0.05, 0) is 29.1 Å². The first kappa shape index (κ1) is 13.0. The van der Waals surface area contributed by atoms with Crippen molar-refractivity contribution < 1.29 is 0 Å². The fourth-order valence-electron chi connectivity index (χ4n) is 2.48. The van der Waals surface area contributed by atoms with Gasteiger partial charge >= 0.3 is 0 Å². The molecule has 0 aromatic rings. The Bertz CT molecular complexity index is 126. The maximum absolute atomic E-state index is 2.37. The zero-order valence-electron chi connectivity index (χ0n) is 10.9. The van der Waals surface area contributed by atoms with E-state index in [9.17, 15) is 0 Å². The van der Waals surface area contributed by atoms with E-state index in [1.807, 2.05) is 0 Å². The van der Waals surface area contributed by atoms with Crippen LogP contribution in [-0.4, -0.2) is 0 Å². The highest BCUT2D eigenvalue weighted by atomic mass is 14.4. The molecule has 13 heavy (non-hydrogen) atoms. The van der Waals surface area contributed by atoms with Crippen molar-refractivity contribution in [3.8, 4) is 0 Å². The lowest BCUT2D eigenvalue weighted by Crippen LogP contribution is -2.33. The van der Waals surface area contributed by atoms with Gasteiger partial charge in [-0.3, -0.25) is 0 Å². The molecular formula is C13H28. The van der Waals surface area contributed by atoms with Crippen LogP contribution in [0.3, 0.4) is 0 Å². The Balaban J connectivity index is 4.58. The van der Waals surface area contributed by atoms with Crippen molar-refractivity contribution in [2.75, 3.05) is 0 Å². The molecule has 0 N–H and O–H groups in total. The minimum Gasteiger partial charge on any atom is -0.0628 e. The fraction of sp³-hybridized carbons (Fsp3) is 1.00. The van der Waals surface area contributed by atoms with Crippen molar-refractivity contribution in [2.24, 2.45) is 22.7 Å². The molecule has 0 rings (SSSR count). The molecule has 0 saturated carbocycles. The Morgan fingerprint density at radius 2 is 1.08 bits per heavy atom. The molecular weight excluding hydrogens is 156 g/mol. The molecule has 0 heteroatoms. The van der Waals surface area contributed by atoms with E-state index in [0.29, 0.717) is 10.8 Å². The Morgan fingerprint density at radius 3 is 1.15 bits per heavy atom. The second-order valence-corrected chi connectivity index (χ2v) is 6.91. The molecule has 0 saturated heterocycles. The lowest BCUT2D eigenvalue weighted by atomic mass is 9.64. The van der Waals surface area contributed by atoms with Crippen molar-refractivity contribution in [2.45, 2.75) is 61.8 Å². The first-order valence-corrected chi connectivity index (χ1v) is 5.55. The van der Waals surface area contributed by atoms with E-state index in [1.165, 1.54) is 6.42 Å². The Morgan fingerprint density at radius 1 is 0.769 bits per heavy atom. The van der Waals surface area contributed by atoms with Gasteiger partial charge in [0.2, 0.25) is 0 Å². The molecule has 0 atom stereocenters. The fourth-order valence-corrected chi connectivity index (χ4v) is 2.48. The summed E-state index contributed by atoms with van der Waals surface area (Å²) in [6, 6.07) is 0. The van der Waals surface area contributed by atoms with Gasteiger partial charge in [-0.25, -0.2) is 0 Å². The molecule has 0 unspecified atom stereocenters. The molecule has 0 spiro atoms. The van der Waals surface area contributed by atoms with Crippen molar-refractivity contribution in [3.63, 3.8) is 0 Å². The summed E-state index contributed by atoms with van der Waals surface area (Å²) in [7, 11) is 0. The highest BCUT2D eigenvalue weighted by molar-refractivity contribution is 4.84. The van der Waals surface area contributed by atoms with E-state index in [4.69, 9.17) is 0 Å². The molecule has 0 fully saturated rings. The number of hydrogen-bond acceptors (Lipinski definition) is 0. The van der Waals surface area contributed by atoms with Gasteiger partial charge < -0.3 is 0 Å². The Kier molecular flexibility index (Phi) is 4.02. The highest BCUT2D eigenvalue weighted by Crippen LogP contribution is 2.43. The minimum absolute atomic E-state index is 0.433. The SMILES string of the molecule is CC(C)CC(C(C)(C)C)C(C)(C)C. The smallest absolute Gasteiger partial charge is 0.0314 e. The van der Waals surface area contributed by atoms with E-state index in [1.54, 1.807) is 0 Å². The van der Waals surface area contributed by atoms with Gasteiger partial charge in [0, 0.05) is 0 Å². The lowest BCUT2D eigenvalue weighted by molar-refractivity contribution is 0.0800. The van der Waals surface area contributed by atoms with Gasteiger partial charge in [0.05, 0.1) is 0 Å². The predicted molar refractivity (Wildman–Crippen MR) is 61.9 cm³/mol. The van der Waals surface area contributed by atoms with Crippen LogP contribution < -0.4 is 0 Å². The zero-order chi connectivity index (χ0) is 10.9. The third-order valence-electron chi connectivity index (χ3n) is 2.80. The van der Waals surface area contributed by atoms with Crippen LogP contribution in [0, 0.1) is 22.7 Å². The molecule has 0 aliphatic heterocycles. The molecule has 0 aliphatic carbocycles. The average molecular weight is 184 g/mol. The van der Waals surface area contributed by atoms with Crippen LogP contribution in [0.2, 0.25) is 0 Å². The van der Waals surface area contributed by atoms with Crippen LogP contribution in [0.25, 0.3) is 0 Å². The summed E-state index contributed by atoms with van der Waals surface area (Å²) in [5.74, 6) is 1.61. The van der Waals surface area contributed by atoms with Crippen molar-refractivity contribution in [1.29, 1.82) is 0 Å². The topological polar surface area (TPSA) is 0 Å². The zero-order valence-corrected chi connectivity index (χ0v) is 10.9. The van der Waals surface area contributed by atoms with E-state index in [-0.39, 0.29) is 0 Å². The molecule has 0 aromatic heterocycles. The van der Waals surface area contributed by atoms with E-state index in [0.717, 1.165) is 11.8 Å². The highest BCUT2D eigenvalue weighted by Gasteiger charge is 2.34. The van der Waals surface area contributed by atoms with E-state index in [2.05, 4.69) is 55.4 Å². The van der Waals surface area contributed by atoms with Crippen molar-refractivity contribution in [1.82, 2.24) is 0 Å². The number of hydrogen-bond donors (Lipinski definition) is 0. The quantitative estimate of drug-likeness (QED) is 0.581. The second-order valence-electron chi connectivity index (χ2n) is 6.91.